The number of hydrazine groups is 2. The van der Waals surface area contributed by atoms with Crippen LogP contribution in [-0.2, 0) is 0 Å². The third-order valence-corrected chi connectivity index (χ3v) is 5.45. The maximum absolute atomic E-state index is 6.43. The van der Waals surface area contributed by atoms with Gasteiger partial charge in [0.15, 0.2) is 0 Å². The number of aromatic nitrogens is 1. The number of aryl methyl sites for hydroxylation is 1. The molecule has 1 aromatic heterocycles. The average molecular weight is 419 g/mol. The van der Waals surface area contributed by atoms with Gasteiger partial charge in [-0.1, -0.05) is 19.8 Å². The Kier molecular flexibility index (Phi) is 9.19. The number of hydrogen-bond donors (Lipinski definition) is 4. The van der Waals surface area contributed by atoms with E-state index in [1.54, 1.807) is 7.05 Å². The van der Waals surface area contributed by atoms with Gasteiger partial charge < -0.3 is 21.3 Å². The van der Waals surface area contributed by atoms with E-state index in [9.17, 15) is 0 Å². The van der Waals surface area contributed by atoms with Crippen molar-refractivity contribution in [1.82, 2.24) is 15.0 Å². The van der Waals surface area contributed by atoms with Crippen molar-refractivity contribution in [3.8, 4) is 5.75 Å². The van der Waals surface area contributed by atoms with Crippen LogP contribution in [0.15, 0.2) is 22.9 Å². The van der Waals surface area contributed by atoms with Gasteiger partial charge >= 0.3 is 0 Å². The predicted octanol–water partition coefficient (Wildman–Crippen LogP) is 2.17. The molecule has 0 bridgehead atoms. The molecule has 0 spiro atoms. The second kappa shape index (κ2) is 11.6. The first-order chi connectivity index (χ1) is 14.4. The summed E-state index contributed by atoms with van der Waals surface area (Å²) >= 11 is 0. The van der Waals surface area contributed by atoms with Crippen LogP contribution in [0.5, 0.6) is 5.75 Å². The van der Waals surface area contributed by atoms with Gasteiger partial charge in [-0.15, -0.1) is 0 Å². The third-order valence-electron chi connectivity index (χ3n) is 5.45. The Hall–Kier alpha value is -2.52. The van der Waals surface area contributed by atoms with Crippen LogP contribution in [0.2, 0.25) is 0 Å². The summed E-state index contributed by atoms with van der Waals surface area (Å²) in [5.74, 6) is 19.2. The van der Waals surface area contributed by atoms with Crippen molar-refractivity contribution >= 4 is 11.5 Å². The number of unbranched alkanes of at least 4 members (excludes halogenated alkanes) is 1. The maximum Gasteiger partial charge on any atom is 0.140 e. The predicted molar refractivity (Wildman–Crippen MR) is 122 cm³/mol. The molecule has 1 fully saturated rings. The lowest BCUT2D eigenvalue weighted by Gasteiger charge is -2.26. The van der Waals surface area contributed by atoms with Crippen molar-refractivity contribution in [2.75, 3.05) is 13.6 Å². The fraction of sp³-hybridized carbons (Fsp3) is 0.619. The van der Waals surface area contributed by atoms with Gasteiger partial charge in [0.1, 0.15) is 11.6 Å². The number of hydrogen-bond acceptors (Lipinski definition) is 8. The SMILES string of the molecule is CCCC/C(=N/N)N(N)C/C(=C(/N)c1ccc(OC2CCCCC2)c(C)n1)N(C)N. The standard InChI is InChI=1S/C21H38N8O/c1-4-5-11-20(27-23)29(25)14-18(28(3)24)21(22)17-12-13-19(15(2)26-17)30-16-9-7-6-8-10-16/h12-13,16H,4-11,14,22-25H2,1-3H3/b21-18-,27-20-. The molecule has 30 heavy (non-hydrogen) atoms. The lowest BCUT2D eigenvalue weighted by atomic mass is 9.98. The van der Waals surface area contributed by atoms with E-state index in [2.05, 4.69) is 17.0 Å². The summed E-state index contributed by atoms with van der Waals surface area (Å²) in [6.07, 6.45) is 8.86. The van der Waals surface area contributed by atoms with Crippen molar-refractivity contribution in [2.45, 2.75) is 71.3 Å². The molecule has 0 unspecified atom stereocenters. The van der Waals surface area contributed by atoms with Gasteiger partial charge in [-0.3, -0.25) is 5.01 Å². The van der Waals surface area contributed by atoms with Gasteiger partial charge in [0.05, 0.1) is 35.4 Å². The molecule has 1 aromatic rings. The van der Waals surface area contributed by atoms with Gasteiger partial charge in [-0.2, -0.15) is 5.10 Å². The zero-order valence-corrected chi connectivity index (χ0v) is 18.6. The highest BCUT2D eigenvalue weighted by molar-refractivity contribution is 5.82. The van der Waals surface area contributed by atoms with Gasteiger partial charge in [-0.05, 0) is 51.2 Å². The van der Waals surface area contributed by atoms with Crippen LogP contribution >= 0.6 is 0 Å². The molecular formula is C21H38N8O. The van der Waals surface area contributed by atoms with E-state index in [1.807, 2.05) is 19.1 Å². The average Bonchev–Trinajstić information content (AvgIpc) is 2.74. The highest BCUT2D eigenvalue weighted by Crippen LogP contribution is 2.26. The number of rotatable bonds is 9. The van der Waals surface area contributed by atoms with Crippen LogP contribution in [0.25, 0.3) is 5.70 Å². The van der Waals surface area contributed by atoms with Crippen LogP contribution in [0.1, 0.15) is 69.7 Å². The Morgan fingerprint density at radius 2 is 1.93 bits per heavy atom. The fourth-order valence-electron chi connectivity index (χ4n) is 3.59. The molecule has 0 radical (unpaired) electrons. The third kappa shape index (κ3) is 6.50. The zero-order chi connectivity index (χ0) is 22.1. The molecule has 9 heteroatoms. The Morgan fingerprint density at radius 1 is 1.23 bits per heavy atom. The molecule has 0 saturated heterocycles. The molecule has 1 heterocycles. The Labute approximate surface area is 180 Å². The number of pyridine rings is 1. The van der Waals surface area contributed by atoms with E-state index in [1.165, 1.54) is 29.3 Å². The quantitative estimate of drug-likeness (QED) is 0.207. The second-order valence-electron chi connectivity index (χ2n) is 7.91. The van der Waals surface area contributed by atoms with E-state index >= 15 is 0 Å². The van der Waals surface area contributed by atoms with Crippen LogP contribution in [-0.4, -0.2) is 40.5 Å². The minimum Gasteiger partial charge on any atom is -0.489 e. The first-order valence-corrected chi connectivity index (χ1v) is 10.8. The summed E-state index contributed by atoms with van der Waals surface area (Å²) in [5.41, 5.74) is 8.95. The summed E-state index contributed by atoms with van der Waals surface area (Å²) in [5, 5.41) is 6.75. The summed E-state index contributed by atoms with van der Waals surface area (Å²) in [7, 11) is 1.72. The normalized spacial score (nSPS) is 16.2. The number of likely N-dealkylation sites (N-methyl/N-ethyl adjacent to an activating group) is 1. The summed E-state index contributed by atoms with van der Waals surface area (Å²) in [4.78, 5) is 4.66. The smallest absolute Gasteiger partial charge is 0.140 e. The monoisotopic (exact) mass is 418 g/mol. The molecule has 0 aliphatic heterocycles. The van der Waals surface area contributed by atoms with E-state index < -0.39 is 0 Å². The second-order valence-corrected chi connectivity index (χ2v) is 7.91. The molecule has 1 saturated carbocycles. The van der Waals surface area contributed by atoms with Crippen LogP contribution < -0.4 is 28.0 Å². The molecule has 1 aliphatic carbocycles. The number of nitrogens with two attached hydrogens (primary N) is 4. The van der Waals surface area contributed by atoms with Crippen LogP contribution in [0.3, 0.4) is 0 Å². The van der Waals surface area contributed by atoms with Gasteiger partial charge in [0.2, 0.25) is 0 Å². The van der Waals surface area contributed by atoms with Crippen LogP contribution in [0.4, 0.5) is 0 Å². The molecule has 8 N–H and O–H groups in total. The number of nitrogens with zero attached hydrogens (tertiary/aromatic N) is 4. The Bertz CT molecular complexity index is 741. The molecule has 9 nitrogen and oxygen atoms in total. The highest BCUT2D eigenvalue weighted by Gasteiger charge is 2.19. The van der Waals surface area contributed by atoms with Crippen molar-refractivity contribution in [3.63, 3.8) is 0 Å². The molecule has 168 valence electrons. The first-order valence-electron chi connectivity index (χ1n) is 10.8. The highest BCUT2D eigenvalue weighted by atomic mass is 16.5. The topological polar surface area (TPSA) is 145 Å². The lowest BCUT2D eigenvalue weighted by Crippen LogP contribution is -2.44. The summed E-state index contributed by atoms with van der Waals surface area (Å²) < 4.78 is 6.16. The van der Waals surface area contributed by atoms with E-state index in [4.69, 9.17) is 28.0 Å². The number of ether oxygens (including phenoxy) is 1. The largest absolute Gasteiger partial charge is 0.489 e. The molecule has 1 aliphatic rings. The minimum absolute atomic E-state index is 0.264. The van der Waals surface area contributed by atoms with Crippen molar-refractivity contribution in [3.05, 3.63) is 29.2 Å². The lowest BCUT2D eigenvalue weighted by molar-refractivity contribution is 0.153. The van der Waals surface area contributed by atoms with Gasteiger partial charge in [0, 0.05) is 13.5 Å². The van der Waals surface area contributed by atoms with Crippen molar-refractivity contribution in [2.24, 2.45) is 28.4 Å². The molecule has 0 aromatic carbocycles. The maximum atomic E-state index is 6.43. The van der Waals surface area contributed by atoms with Gasteiger partial charge in [0.25, 0.3) is 0 Å². The summed E-state index contributed by atoms with van der Waals surface area (Å²) in [6.45, 7) is 4.29. The number of amidine groups is 1. The van der Waals surface area contributed by atoms with Crippen LogP contribution in [0, 0.1) is 6.92 Å². The van der Waals surface area contributed by atoms with Crippen molar-refractivity contribution in [1.29, 1.82) is 0 Å². The zero-order valence-electron chi connectivity index (χ0n) is 18.6. The minimum atomic E-state index is 0.264. The van der Waals surface area contributed by atoms with E-state index in [-0.39, 0.29) is 12.6 Å². The molecule has 2 rings (SSSR count). The molecule has 0 amide bonds. The Balaban J connectivity index is 2.19. The summed E-state index contributed by atoms with van der Waals surface area (Å²) in [6, 6.07) is 3.79. The number of hydrazone groups is 1. The van der Waals surface area contributed by atoms with Crippen molar-refractivity contribution < 1.29 is 4.74 Å². The van der Waals surface area contributed by atoms with Gasteiger partial charge in [-0.25, -0.2) is 16.7 Å². The first kappa shape index (κ1) is 23.8. The Morgan fingerprint density at radius 3 is 2.50 bits per heavy atom. The fourth-order valence-corrected chi connectivity index (χ4v) is 3.59. The molecule has 0 atom stereocenters. The molecular weight excluding hydrogens is 380 g/mol. The van der Waals surface area contributed by atoms with E-state index in [0.717, 1.165) is 37.1 Å². The van der Waals surface area contributed by atoms with E-state index in [0.29, 0.717) is 29.3 Å².